The molecule has 4 N–H and O–H groups in total. The van der Waals surface area contributed by atoms with Crippen LogP contribution in [0.15, 0.2) is 28.7 Å². The predicted molar refractivity (Wildman–Crippen MR) is 95.7 cm³/mol. The third-order valence-corrected chi connectivity index (χ3v) is 4.10. The number of phenolic OH excluding ortho intramolecular Hbond substituents is 1. The number of phenols is 1. The van der Waals surface area contributed by atoms with Crippen LogP contribution in [0, 0.1) is 5.92 Å². The first kappa shape index (κ1) is 20.2. The Morgan fingerprint density at radius 1 is 1.30 bits per heavy atom. The van der Waals surface area contributed by atoms with E-state index in [9.17, 15) is 24.7 Å². The summed E-state index contributed by atoms with van der Waals surface area (Å²) in [4.78, 5) is 35.1. The van der Waals surface area contributed by atoms with Crippen LogP contribution in [0.3, 0.4) is 0 Å². The second-order valence-corrected chi connectivity index (χ2v) is 6.17. The molecule has 0 fully saturated rings. The number of furan rings is 1. The van der Waals surface area contributed by atoms with Crippen molar-refractivity contribution in [2.75, 3.05) is 6.54 Å². The number of nitrogens with one attached hydrogen (secondary N) is 2. The standard InChI is InChI=1S/C18H23N3O6/c1-2-3-4-6-13(10-21(26)11-22)17(24)19-20-18(25)15-9-12-7-5-8-14(23)16(12)27-15/h5,7-9,11,13,23,26H,2-4,6,10H2,1H3,(H,19,24)(H,20,25)/t13-/m0/s1. The monoisotopic (exact) mass is 377 g/mol. The second kappa shape index (κ2) is 9.58. The predicted octanol–water partition coefficient (Wildman–Crippen LogP) is 1.94. The smallest absolute Gasteiger partial charge is 0.305 e. The van der Waals surface area contributed by atoms with Crippen LogP contribution in [0.4, 0.5) is 0 Å². The Kier molecular flexibility index (Phi) is 7.18. The molecule has 0 bridgehead atoms. The van der Waals surface area contributed by atoms with E-state index in [0.717, 1.165) is 19.3 Å². The topological polar surface area (TPSA) is 132 Å². The Bertz CT molecular complexity index is 803. The van der Waals surface area contributed by atoms with E-state index in [0.29, 0.717) is 16.9 Å². The molecule has 146 valence electrons. The van der Waals surface area contributed by atoms with Gasteiger partial charge in [0.05, 0.1) is 12.5 Å². The molecule has 3 amide bonds. The summed E-state index contributed by atoms with van der Waals surface area (Å²) in [5.74, 6) is -2.07. The lowest BCUT2D eigenvalue weighted by atomic mass is 10.0. The lowest BCUT2D eigenvalue weighted by Crippen LogP contribution is -2.46. The molecule has 2 rings (SSSR count). The Balaban J connectivity index is 1.98. The van der Waals surface area contributed by atoms with Gasteiger partial charge in [-0.25, -0.2) is 5.06 Å². The number of unbranched alkanes of at least 4 members (excludes halogenated alkanes) is 2. The molecule has 9 nitrogen and oxygen atoms in total. The number of hydroxylamine groups is 2. The Morgan fingerprint density at radius 3 is 2.74 bits per heavy atom. The summed E-state index contributed by atoms with van der Waals surface area (Å²) >= 11 is 0. The van der Waals surface area contributed by atoms with E-state index in [1.807, 2.05) is 6.92 Å². The number of benzene rings is 1. The van der Waals surface area contributed by atoms with Gasteiger partial charge in [-0.2, -0.15) is 0 Å². The molecule has 27 heavy (non-hydrogen) atoms. The second-order valence-electron chi connectivity index (χ2n) is 6.17. The van der Waals surface area contributed by atoms with Crippen LogP contribution in [-0.4, -0.2) is 40.1 Å². The number of hydrogen-bond donors (Lipinski definition) is 4. The van der Waals surface area contributed by atoms with Gasteiger partial charge in [0.1, 0.15) is 0 Å². The first-order valence-electron chi connectivity index (χ1n) is 8.68. The highest BCUT2D eigenvalue weighted by Gasteiger charge is 2.22. The summed E-state index contributed by atoms with van der Waals surface area (Å²) in [6.45, 7) is 1.84. The summed E-state index contributed by atoms with van der Waals surface area (Å²) in [6.07, 6.45) is 3.29. The molecule has 1 aromatic heterocycles. The third kappa shape index (κ3) is 5.45. The van der Waals surface area contributed by atoms with E-state index in [1.165, 1.54) is 12.1 Å². The van der Waals surface area contributed by atoms with Crippen LogP contribution < -0.4 is 10.9 Å². The zero-order valence-electron chi connectivity index (χ0n) is 15.0. The molecule has 0 unspecified atom stereocenters. The van der Waals surface area contributed by atoms with E-state index in [4.69, 9.17) is 4.42 Å². The molecule has 1 atom stereocenters. The normalized spacial score (nSPS) is 11.8. The Morgan fingerprint density at radius 2 is 2.07 bits per heavy atom. The molecule has 9 heteroatoms. The van der Waals surface area contributed by atoms with Crippen molar-refractivity contribution in [1.82, 2.24) is 15.9 Å². The number of aromatic hydroxyl groups is 1. The quantitative estimate of drug-likeness (QED) is 0.228. The van der Waals surface area contributed by atoms with E-state index in [1.54, 1.807) is 12.1 Å². The molecule has 1 heterocycles. The third-order valence-electron chi connectivity index (χ3n) is 4.10. The Hall–Kier alpha value is -3.07. The lowest BCUT2D eigenvalue weighted by Gasteiger charge is -2.19. The van der Waals surface area contributed by atoms with Crippen molar-refractivity contribution in [3.63, 3.8) is 0 Å². The molecular formula is C18H23N3O6. The summed E-state index contributed by atoms with van der Waals surface area (Å²) in [7, 11) is 0. The largest absolute Gasteiger partial charge is 0.504 e. The van der Waals surface area contributed by atoms with Gasteiger partial charge in [0.2, 0.25) is 12.3 Å². The Labute approximate surface area is 155 Å². The zero-order valence-corrected chi connectivity index (χ0v) is 15.0. The molecule has 0 aliphatic carbocycles. The van der Waals surface area contributed by atoms with Crippen LogP contribution in [0.25, 0.3) is 11.0 Å². The van der Waals surface area contributed by atoms with Crippen molar-refractivity contribution in [2.45, 2.75) is 32.6 Å². The molecule has 0 saturated carbocycles. The van der Waals surface area contributed by atoms with Gasteiger partial charge in [0, 0.05) is 5.39 Å². The number of para-hydroxylation sites is 1. The summed E-state index contributed by atoms with van der Waals surface area (Å²) < 4.78 is 5.31. The van der Waals surface area contributed by atoms with Crippen LogP contribution in [0.5, 0.6) is 5.75 Å². The van der Waals surface area contributed by atoms with Crippen molar-refractivity contribution in [3.8, 4) is 5.75 Å². The molecule has 0 aliphatic heterocycles. The van der Waals surface area contributed by atoms with Crippen molar-refractivity contribution >= 4 is 29.2 Å². The van der Waals surface area contributed by atoms with Crippen LogP contribution in [-0.2, 0) is 9.59 Å². The highest BCUT2D eigenvalue weighted by atomic mass is 16.5. The van der Waals surface area contributed by atoms with Crippen LogP contribution >= 0.6 is 0 Å². The average molecular weight is 377 g/mol. The van der Waals surface area contributed by atoms with E-state index in [2.05, 4.69) is 10.9 Å². The fourth-order valence-electron chi connectivity index (χ4n) is 2.66. The number of amides is 3. The van der Waals surface area contributed by atoms with E-state index >= 15 is 0 Å². The van der Waals surface area contributed by atoms with Gasteiger partial charge in [-0.05, 0) is 18.6 Å². The molecule has 0 aliphatic rings. The first-order valence-corrected chi connectivity index (χ1v) is 8.68. The summed E-state index contributed by atoms with van der Waals surface area (Å²) in [6, 6.07) is 6.17. The van der Waals surface area contributed by atoms with Crippen molar-refractivity contribution < 1.29 is 29.1 Å². The number of fused-ring (bicyclic) bond motifs is 1. The van der Waals surface area contributed by atoms with Gasteiger partial charge in [0.25, 0.3) is 0 Å². The lowest BCUT2D eigenvalue weighted by molar-refractivity contribution is -0.154. The molecule has 0 spiro atoms. The number of hydrazine groups is 1. The summed E-state index contributed by atoms with van der Waals surface area (Å²) in [5, 5.41) is 20.0. The SMILES string of the molecule is CCCCC[C@@H](CN(O)C=O)C(=O)NNC(=O)c1cc2cccc(O)c2o1. The number of rotatable bonds is 9. The number of carbonyl (C=O) groups excluding carboxylic acids is 3. The van der Waals surface area contributed by atoms with Crippen molar-refractivity contribution in [3.05, 3.63) is 30.0 Å². The van der Waals surface area contributed by atoms with Gasteiger partial charge >= 0.3 is 5.91 Å². The first-order chi connectivity index (χ1) is 13.0. The van der Waals surface area contributed by atoms with Crippen LogP contribution in [0.2, 0.25) is 0 Å². The minimum absolute atomic E-state index is 0.0778. The number of nitrogens with zero attached hydrogens (tertiary/aromatic N) is 1. The fraction of sp³-hybridized carbons (Fsp3) is 0.389. The zero-order chi connectivity index (χ0) is 19.8. The average Bonchev–Trinajstić information content (AvgIpc) is 3.10. The van der Waals surface area contributed by atoms with Crippen molar-refractivity contribution in [1.29, 1.82) is 0 Å². The van der Waals surface area contributed by atoms with Gasteiger partial charge in [-0.1, -0.05) is 38.3 Å². The maximum Gasteiger partial charge on any atom is 0.305 e. The number of carbonyl (C=O) groups is 3. The van der Waals surface area contributed by atoms with Crippen molar-refractivity contribution in [2.24, 2.45) is 5.92 Å². The van der Waals surface area contributed by atoms with Gasteiger partial charge in [-0.15, -0.1) is 0 Å². The van der Waals surface area contributed by atoms with E-state index in [-0.39, 0.29) is 30.0 Å². The minimum atomic E-state index is -0.692. The maximum atomic E-state index is 12.3. The van der Waals surface area contributed by atoms with Gasteiger partial charge < -0.3 is 9.52 Å². The highest BCUT2D eigenvalue weighted by molar-refractivity contribution is 5.98. The van der Waals surface area contributed by atoms with Gasteiger partial charge in [-0.3, -0.25) is 30.4 Å². The summed E-state index contributed by atoms with van der Waals surface area (Å²) in [5.41, 5.74) is 4.69. The molecule has 1 aromatic carbocycles. The molecular weight excluding hydrogens is 354 g/mol. The molecule has 0 saturated heterocycles. The van der Waals surface area contributed by atoms with Crippen LogP contribution in [0.1, 0.15) is 43.2 Å². The highest BCUT2D eigenvalue weighted by Crippen LogP contribution is 2.27. The molecule has 2 aromatic rings. The fourth-order valence-corrected chi connectivity index (χ4v) is 2.66. The maximum absolute atomic E-state index is 12.3. The van der Waals surface area contributed by atoms with Gasteiger partial charge in [0.15, 0.2) is 17.1 Å². The van der Waals surface area contributed by atoms with E-state index < -0.39 is 17.7 Å². The number of hydrogen-bond acceptors (Lipinski definition) is 6. The minimum Gasteiger partial charge on any atom is -0.504 e. The molecule has 0 radical (unpaired) electrons.